The fourth-order valence-corrected chi connectivity index (χ4v) is 1.15. The SMILES string of the molecule is CCCNc1cc(N(C)CC)nc(N)n1. The second-order valence-electron chi connectivity index (χ2n) is 3.41. The van der Waals surface area contributed by atoms with Crippen LogP contribution < -0.4 is 16.0 Å². The van der Waals surface area contributed by atoms with Crippen LogP contribution in [0.1, 0.15) is 20.3 Å². The van der Waals surface area contributed by atoms with E-state index >= 15 is 0 Å². The number of nitrogens with zero attached hydrogens (tertiary/aromatic N) is 3. The molecule has 3 N–H and O–H groups in total. The molecule has 0 aliphatic carbocycles. The highest BCUT2D eigenvalue weighted by Gasteiger charge is 2.04. The molecule has 0 atom stereocenters. The van der Waals surface area contributed by atoms with Crippen LogP contribution in [0.5, 0.6) is 0 Å². The Bertz CT molecular complexity index is 313. The smallest absolute Gasteiger partial charge is 0.223 e. The Morgan fingerprint density at radius 1 is 1.40 bits per heavy atom. The molecule has 0 saturated heterocycles. The van der Waals surface area contributed by atoms with Crippen LogP contribution in [-0.2, 0) is 0 Å². The van der Waals surface area contributed by atoms with E-state index in [0.717, 1.165) is 31.1 Å². The summed E-state index contributed by atoms with van der Waals surface area (Å²) >= 11 is 0. The Morgan fingerprint density at radius 3 is 2.73 bits per heavy atom. The van der Waals surface area contributed by atoms with Crippen LogP contribution in [0, 0.1) is 0 Å². The first-order valence-corrected chi connectivity index (χ1v) is 5.27. The second-order valence-corrected chi connectivity index (χ2v) is 3.41. The first-order valence-electron chi connectivity index (χ1n) is 5.27. The van der Waals surface area contributed by atoms with Gasteiger partial charge in [0, 0.05) is 26.2 Å². The minimum Gasteiger partial charge on any atom is -0.370 e. The van der Waals surface area contributed by atoms with Gasteiger partial charge in [-0.3, -0.25) is 0 Å². The number of aromatic nitrogens is 2. The molecular formula is C10H19N5. The largest absolute Gasteiger partial charge is 0.370 e. The molecule has 1 aromatic rings. The predicted octanol–water partition coefficient (Wildman–Crippen LogP) is 1.34. The lowest BCUT2D eigenvalue weighted by molar-refractivity contribution is 0.925. The van der Waals surface area contributed by atoms with Gasteiger partial charge in [0.15, 0.2) is 0 Å². The zero-order valence-corrected chi connectivity index (χ0v) is 9.62. The average Bonchev–Trinajstić information content (AvgIpc) is 2.24. The molecule has 1 aromatic heterocycles. The fourth-order valence-electron chi connectivity index (χ4n) is 1.15. The van der Waals surface area contributed by atoms with Crippen LogP contribution in [0.3, 0.4) is 0 Å². The molecule has 0 amide bonds. The maximum Gasteiger partial charge on any atom is 0.223 e. The molecule has 0 bridgehead atoms. The van der Waals surface area contributed by atoms with Crippen LogP contribution in [0.25, 0.3) is 0 Å². The number of hydrogen-bond donors (Lipinski definition) is 2. The molecule has 84 valence electrons. The minimum absolute atomic E-state index is 0.311. The van der Waals surface area contributed by atoms with Crippen LogP contribution in [-0.4, -0.2) is 30.1 Å². The Balaban J connectivity index is 2.84. The molecule has 0 radical (unpaired) electrons. The van der Waals surface area contributed by atoms with E-state index in [9.17, 15) is 0 Å². The van der Waals surface area contributed by atoms with Gasteiger partial charge < -0.3 is 16.0 Å². The Morgan fingerprint density at radius 2 is 2.13 bits per heavy atom. The van der Waals surface area contributed by atoms with Crippen LogP contribution >= 0.6 is 0 Å². The van der Waals surface area contributed by atoms with Crippen molar-refractivity contribution in [2.75, 3.05) is 36.1 Å². The zero-order valence-electron chi connectivity index (χ0n) is 9.62. The lowest BCUT2D eigenvalue weighted by atomic mass is 10.4. The van der Waals surface area contributed by atoms with Crippen molar-refractivity contribution in [3.8, 4) is 0 Å². The van der Waals surface area contributed by atoms with Crippen molar-refractivity contribution < 1.29 is 0 Å². The van der Waals surface area contributed by atoms with Crippen LogP contribution in [0.2, 0.25) is 0 Å². The molecule has 1 rings (SSSR count). The van der Waals surface area contributed by atoms with Gasteiger partial charge in [0.2, 0.25) is 5.95 Å². The summed E-state index contributed by atoms with van der Waals surface area (Å²) in [5.41, 5.74) is 5.63. The molecule has 0 saturated carbocycles. The van der Waals surface area contributed by atoms with E-state index in [0.29, 0.717) is 5.95 Å². The van der Waals surface area contributed by atoms with Gasteiger partial charge in [-0.25, -0.2) is 0 Å². The number of nitrogen functional groups attached to an aromatic ring is 1. The third-order valence-corrected chi connectivity index (χ3v) is 2.15. The lowest BCUT2D eigenvalue weighted by Crippen LogP contribution is -2.18. The van der Waals surface area contributed by atoms with Crippen molar-refractivity contribution in [2.24, 2.45) is 0 Å². The quantitative estimate of drug-likeness (QED) is 0.766. The minimum atomic E-state index is 0.311. The predicted molar refractivity (Wildman–Crippen MR) is 64.2 cm³/mol. The van der Waals surface area contributed by atoms with E-state index in [1.54, 1.807) is 0 Å². The molecule has 0 unspecified atom stereocenters. The van der Waals surface area contributed by atoms with Crippen molar-refractivity contribution in [1.29, 1.82) is 0 Å². The molecule has 0 spiro atoms. The summed E-state index contributed by atoms with van der Waals surface area (Å²) < 4.78 is 0. The summed E-state index contributed by atoms with van der Waals surface area (Å²) in [6.45, 7) is 5.96. The van der Waals surface area contributed by atoms with Gasteiger partial charge in [0.05, 0.1) is 0 Å². The van der Waals surface area contributed by atoms with E-state index in [1.807, 2.05) is 18.0 Å². The highest BCUT2D eigenvalue weighted by atomic mass is 15.2. The van der Waals surface area contributed by atoms with Gasteiger partial charge >= 0.3 is 0 Å². The van der Waals surface area contributed by atoms with Gasteiger partial charge in [0.1, 0.15) is 11.6 Å². The average molecular weight is 209 g/mol. The van der Waals surface area contributed by atoms with Crippen molar-refractivity contribution in [2.45, 2.75) is 20.3 Å². The second kappa shape index (κ2) is 5.38. The monoisotopic (exact) mass is 209 g/mol. The summed E-state index contributed by atoms with van der Waals surface area (Å²) in [6, 6.07) is 1.91. The van der Waals surface area contributed by atoms with E-state index in [4.69, 9.17) is 5.73 Å². The Hall–Kier alpha value is -1.52. The lowest BCUT2D eigenvalue weighted by Gasteiger charge is -2.16. The summed E-state index contributed by atoms with van der Waals surface area (Å²) in [6.07, 6.45) is 1.06. The van der Waals surface area contributed by atoms with Gasteiger partial charge in [0.25, 0.3) is 0 Å². The van der Waals surface area contributed by atoms with E-state index < -0.39 is 0 Å². The number of rotatable bonds is 5. The normalized spacial score (nSPS) is 10.1. The number of anilines is 3. The van der Waals surface area contributed by atoms with Crippen molar-refractivity contribution in [3.05, 3.63) is 6.07 Å². The van der Waals surface area contributed by atoms with Crippen LogP contribution in [0.4, 0.5) is 17.6 Å². The zero-order chi connectivity index (χ0) is 11.3. The van der Waals surface area contributed by atoms with E-state index in [2.05, 4.69) is 29.1 Å². The van der Waals surface area contributed by atoms with Crippen molar-refractivity contribution in [1.82, 2.24) is 9.97 Å². The Labute approximate surface area is 90.7 Å². The first-order chi connectivity index (χ1) is 7.17. The van der Waals surface area contributed by atoms with Crippen LogP contribution in [0.15, 0.2) is 6.07 Å². The number of nitrogens with two attached hydrogens (primary N) is 1. The first kappa shape index (κ1) is 11.6. The van der Waals surface area contributed by atoms with E-state index in [1.165, 1.54) is 0 Å². The summed E-state index contributed by atoms with van der Waals surface area (Å²) in [7, 11) is 1.98. The maximum absolute atomic E-state index is 5.63. The Kier molecular flexibility index (Phi) is 4.15. The molecule has 5 heteroatoms. The van der Waals surface area contributed by atoms with Gasteiger partial charge in [-0.1, -0.05) is 6.92 Å². The highest BCUT2D eigenvalue weighted by Crippen LogP contribution is 2.15. The molecule has 5 nitrogen and oxygen atoms in total. The maximum atomic E-state index is 5.63. The van der Waals surface area contributed by atoms with Gasteiger partial charge in [-0.05, 0) is 13.3 Å². The standard InChI is InChI=1S/C10H19N5/c1-4-6-12-8-7-9(15(3)5-2)14-10(11)13-8/h7H,4-6H2,1-3H3,(H3,11,12,13,14). The molecular weight excluding hydrogens is 190 g/mol. The molecule has 1 heterocycles. The summed E-state index contributed by atoms with van der Waals surface area (Å²) in [5.74, 6) is 1.95. The summed E-state index contributed by atoms with van der Waals surface area (Å²) in [5, 5.41) is 3.20. The van der Waals surface area contributed by atoms with E-state index in [-0.39, 0.29) is 0 Å². The number of hydrogen-bond acceptors (Lipinski definition) is 5. The highest BCUT2D eigenvalue weighted by molar-refractivity contribution is 5.52. The third kappa shape index (κ3) is 3.27. The van der Waals surface area contributed by atoms with Gasteiger partial charge in [-0.15, -0.1) is 0 Å². The number of nitrogens with one attached hydrogen (secondary N) is 1. The van der Waals surface area contributed by atoms with Crippen molar-refractivity contribution >= 4 is 17.6 Å². The topological polar surface area (TPSA) is 67.1 Å². The van der Waals surface area contributed by atoms with Gasteiger partial charge in [-0.2, -0.15) is 9.97 Å². The molecule has 0 aromatic carbocycles. The molecule has 0 fully saturated rings. The molecule has 15 heavy (non-hydrogen) atoms. The third-order valence-electron chi connectivity index (χ3n) is 2.15. The molecule has 0 aliphatic rings. The summed E-state index contributed by atoms with van der Waals surface area (Å²) in [4.78, 5) is 10.3. The fraction of sp³-hybridized carbons (Fsp3) is 0.600. The molecule has 0 aliphatic heterocycles. The van der Waals surface area contributed by atoms with Crippen molar-refractivity contribution in [3.63, 3.8) is 0 Å².